The number of ether oxygens (including phenoxy) is 2. The van der Waals surface area contributed by atoms with Crippen molar-refractivity contribution in [2.24, 2.45) is 0 Å². The fourth-order valence-corrected chi connectivity index (χ4v) is 3.21. The summed E-state index contributed by atoms with van der Waals surface area (Å²) >= 11 is 0. The first-order valence-electron chi connectivity index (χ1n) is 10.3. The lowest BCUT2D eigenvalue weighted by Gasteiger charge is -2.18. The Morgan fingerprint density at radius 1 is 0.818 bits per heavy atom. The third-order valence-electron chi connectivity index (χ3n) is 5.03. The van der Waals surface area contributed by atoms with Crippen molar-refractivity contribution in [3.63, 3.8) is 0 Å². The molecule has 1 aromatic heterocycles. The molecule has 0 bridgehead atoms. The highest BCUT2D eigenvalue weighted by atomic mass is 16.6. The van der Waals surface area contributed by atoms with Gasteiger partial charge < -0.3 is 25.4 Å². The first-order valence-corrected chi connectivity index (χ1v) is 10.3. The maximum atomic E-state index is 12.7. The van der Waals surface area contributed by atoms with Gasteiger partial charge in [0.05, 0.1) is 5.56 Å². The maximum Gasteiger partial charge on any atom is 0.269 e. The van der Waals surface area contributed by atoms with Gasteiger partial charge in [-0.1, -0.05) is 6.07 Å². The molecule has 0 fully saturated rings. The van der Waals surface area contributed by atoms with Crippen LogP contribution in [0.25, 0.3) is 0 Å². The fourth-order valence-electron chi connectivity index (χ4n) is 3.21. The topological polar surface area (TPSA) is 119 Å². The van der Waals surface area contributed by atoms with E-state index in [-0.39, 0.29) is 23.4 Å². The number of aryl methyl sites for hydroxylation is 1. The zero-order valence-electron chi connectivity index (χ0n) is 18.1. The molecule has 2 aromatic carbocycles. The molecule has 168 valence electrons. The van der Waals surface area contributed by atoms with Crippen molar-refractivity contribution in [3.05, 3.63) is 77.1 Å². The number of fused-ring (bicyclic) bond motifs is 1. The molecule has 9 nitrogen and oxygen atoms in total. The van der Waals surface area contributed by atoms with Gasteiger partial charge in [0.1, 0.15) is 18.9 Å². The first kappa shape index (κ1) is 21.8. The van der Waals surface area contributed by atoms with Crippen LogP contribution >= 0.6 is 0 Å². The number of amides is 3. The summed E-state index contributed by atoms with van der Waals surface area (Å²) in [5.41, 5.74) is 2.81. The molecule has 2 heterocycles. The second kappa shape index (κ2) is 9.39. The summed E-state index contributed by atoms with van der Waals surface area (Å²) in [5, 5.41) is 8.12. The molecule has 3 N–H and O–H groups in total. The molecule has 0 atom stereocenters. The molecule has 3 amide bonds. The minimum Gasteiger partial charge on any atom is -0.486 e. The molecule has 9 heteroatoms. The summed E-state index contributed by atoms with van der Waals surface area (Å²) in [7, 11) is 1.51. The Labute approximate surface area is 190 Å². The monoisotopic (exact) mass is 446 g/mol. The number of hydrogen-bond donors (Lipinski definition) is 3. The lowest BCUT2D eigenvalue weighted by Crippen LogP contribution is -2.20. The predicted molar refractivity (Wildman–Crippen MR) is 122 cm³/mol. The number of rotatable bonds is 5. The summed E-state index contributed by atoms with van der Waals surface area (Å²) in [6.45, 7) is 2.75. The summed E-state index contributed by atoms with van der Waals surface area (Å²) in [4.78, 5) is 41.0. The van der Waals surface area contributed by atoms with E-state index in [1.807, 2.05) is 6.92 Å². The van der Waals surface area contributed by atoms with Crippen LogP contribution in [0.15, 0.2) is 54.7 Å². The molecule has 33 heavy (non-hydrogen) atoms. The van der Waals surface area contributed by atoms with Gasteiger partial charge >= 0.3 is 0 Å². The molecule has 0 aliphatic carbocycles. The van der Waals surface area contributed by atoms with Crippen molar-refractivity contribution in [1.29, 1.82) is 0 Å². The van der Waals surface area contributed by atoms with Gasteiger partial charge in [-0.2, -0.15) is 0 Å². The Bertz CT molecular complexity index is 1220. The number of pyridine rings is 1. The van der Waals surface area contributed by atoms with Crippen LogP contribution in [0.1, 0.15) is 36.8 Å². The van der Waals surface area contributed by atoms with Crippen LogP contribution in [0.3, 0.4) is 0 Å². The summed E-state index contributed by atoms with van der Waals surface area (Å²) < 4.78 is 11.0. The summed E-state index contributed by atoms with van der Waals surface area (Å²) in [6.07, 6.45) is 1.34. The SMILES string of the molecule is CNC(=O)c1ccc(C(=O)Nc2cc(NC(=O)c3ccc4c(c3)OCCO4)ccc2C)cn1. The summed E-state index contributed by atoms with van der Waals surface area (Å²) in [6, 6.07) is 13.2. The first-order chi connectivity index (χ1) is 15.9. The molecule has 0 unspecified atom stereocenters. The number of hydrogen-bond acceptors (Lipinski definition) is 6. The van der Waals surface area contributed by atoms with E-state index in [9.17, 15) is 14.4 Å². The van der Waals surface area contributed by atoms with E-state index in [0.717, 1.165) is 5.56 Å². The normalized spacial score (nSPS) is 11.9. The Kier molecular flexibility index (Phi) is 6.21. The second-order valence-corrected chi connectivity index (χ2v) is 7.31. The van der Waals surface area contributed by atoms with Crippen molar-refractivity contribution in [1.82, 2.24) is 10.3 Å². The third-order valence-corrected chi connectivity index (χ3v) is 5.03. The van der Waals surface area contributed by atoms with Crippen molar-refractivity contribution >= 4 is 29.1 Å². The molecule has 1 aliphatic rings. The van der Waals surface area contributed by atoms with E-state index in [2.05, 4.69) is 20.9 Å². The maximum absolute atomic E-state index is 12.7. The summed E-state index contributed by atoms with van der Waals surface area (Å²) in [5.74, 6) is 0.100. The van der Waals surface area contributed by atoms with E-state index >= 15 is 0 Å². The van der Waals surface area contributed by atoms with E-state index < -0.39 is 0 Å². The van der Waals surface area contributed by atoms with Gasteiger partial charge in [-0.25, -0.2) is 0 Å². The Balaban J connectivity index is 1.47. The van der Waals surface area contributed by atoms with Crippen LogP contribution in [0.2, 0.25) is 0 Å². The second-order valence-electron chi connectivity index (χ2n) is 7.31. The quantitative estimate of drug-likeness (QED) is 0.554. The lowest BCUT2D eigenvalue weighted by molar-refractivity contribution is 0.0955. The Morgan fingerprint density at radius 2 is 1.55 bits per heavy atom. The van der Waals surface area contributed by atoms with Crippen molar-refractivity contribution in [2.75, 3.05) is 30.9 Å². The van der Waals surface area contributed by atoms with Gasteiger partial charge in [-0.05, 0) is 55.0 Å². The largest absolute Gasteiger partial charge is 0.486 e. The molecular formula is C24H22N4O5. The Morgan fingerprint density at radius 3 is 2.27 bits per heavy atom. The highest BCUT2D eigenvalue weighted by Crippen LogP contribution is 2.31. The van der Waals surface area contributed by atoms with Crippen LogP contribution in [0.4, 0.5) is 11.4 Å². The zero-order chi connectivity index (χ0) is 23.4. The number of nitrogens with zero attached hydrogens (tertiary/aromatic N) is 1. The third kappa shape index (κ3) is 4.93. The number of aromatic nitrogens is 1. The van der Waals surface area contributed by atoms with Crippen LogP contribution in [0.5, 0.6) is 11.5 Å². The van der Waals surface area contributed by atoms with Gasteiger partial charge in [0, 0.05) is 30.2 Å². The van der Waals surface area contributed by atoms with Crippen molar-refractivity contribution < 1.29 is 23.9 Å². The Hall–Kier alpha value is -4.40. The van der Waals surface area contributed by atoms with Gasteiger partial charge in [0.25, 0.3) is 17.7 Å². The van der Waals surface area contributed by atoms with Crippen LogP contribution in [-0.2, 0) is 0 Å². The molecule has 0 spiro atoms. The average Bonchev–Trinajstić information content (AvgIpc) is 2.85. The molecule has 0 saturated heterocycles. The van der Waals surface area contributed by atoms with E-state index in [4.69, 9.17) is 9.47 Å². The standard InChI is InChI=1S/C24H22N4O5/c1-14-3-6-17(27-22(29)15-5-8-20-21(11-15)33-10-9-32-20)12-19(14)28-23(30)16-4-7-18(26-13-16)24(31)25-2/h3-8,11-13H,9-10H2,1-2H3,(H,25,31)(H,27,29)(H,28,30). The van der Waals surface area contributed by atoms with Crippen LogP contribution < -0.4 is 25.4 Å². The number of benzene rings is 2. The highest BCUT2D eigenvalue weighted by molar-refractivity contribution is 6.07. The van der Waals surface area contributed by atoms with E-state index in [1.165, 1.54) is 25.4 Å². The predicted octanol–water partition coefficient (Wildman–Crippen LogP) is 3.03. The average molecular weight is 446 g/mol. The van der Waals surface area contributed by atoms with Crippen molar-refractivity contribution in [2.45, 2.75) is 6.92 Å². The molecule has 0 radical (unpaired) electrons. The number of nitrogens with one attached hydrogen (secondary N) is 3. The number of carbonyl (C=O) groups excluding carboxylic acids is 3. The van der Waals surface area contributed by atoms with Crippen LogP contribution in [0, 0.1) is 6.92 Å². The van der Waals surface area contributed by atoms with Gasteiger partial charge in [0.2, 0.25) is 0 Å². The highest BCUT2D eigenvalue weighted by Gasteiger charge is 2.16. The molecule has 0 saturated carbocycles. The number of anilines is 2. The molecule has 4 rings (SSSR count). The minimum absolute atomic E-state index is 0.217. The fraction of sp³-hybridized carbons (Fsp3) is 0.167. The molecule has 3 aromatic rings. The van der Waals surface area contributed by atoms with Gasteiger partial charge in [-0.15, -0.1) is 0 Å². The van der Waals surface area contributed by atoms with E-state index in [0.29, 0.717) is 47.2 Å². The number of carbonyl (C=O) groups is 3. The van der Waals surface area contributed by atoms with Gasteiger partial charge in [0.15, 0.2) is 11.5 Å². The smallest absolute Gasteiger partial charge is 0.269 e. The lowest BCUT2D eigenvalue weighted by atomic mass is 10.1. The molecule has 1 aliphatic heterocycles. The van der Waals surface area contributed by atoms with Crippen LogP contribution in [-0.4, -0.2) is 43.0 Å². The van der Waals surface area contributed by atoms with E-state index in [1.54, 1.807) is 36.4 Å². The van der Waals surface area contributed by atoms with Gasteiger partial charge in [-0.3, -0.25) is 19.4 Å². The zero-order valence-corrected chi connectivity index (χ0v) is 18.1. The minimum atomic E-state index is -0.385. The molecular weight excluding hydrogens is 424 g/mol. The van der Waals surface area contributed by atoms with Crippen molar-refractivity contribution in [3.8, 4) is 11.5 Å².